The highest BCUT2D eigenvalue weighted by molar-refractivity contribution is 5.98. The van der Waals surface area contributed by atoms with Crippen LogP contribution >= 0.6 is 0 Å². The fourth-order valence-electron chi connectivity index (χ4n) is 6.40. The zero-order valence-corrected chi connectivity index (χ0v) is 17.7. The van der Waals surface area contributed by atoms with Crippen molar-refractivity contribution in [3.63, 3.8) is 0 Å². The van der Waals surface area contributed by atoms with E-state index in [9.17, 15) is 9.90 Å². The molecule has 0 bridgehead atoms. The minimum absolute atomic E-state index is 0.137. The molecule has 0 aliphatic heterocycles. The van der Waals surface area contributed by atoms with E-state index < -0.39 is 0 Å². The summed E-state index contributed by atoms with van der Waals surface area (Å²) in [5.74, 6) is 3.42. The minimum atomic E-state index is 0.137. The lowest BCUT2D eigenvalue weighted by Gasteiger charge is -2.46. The highest BCUT2D eigenvalue weighted by Crippen LogP contribution is 2.60. The Morgan fingerprint density at radius 1 is 1.19 bits per heavy atom. The highest BCUT2D eigenvalue weighted by atomic mass is 16.3. The normalized spacial score (nSPS) is 31.7. The van der Waals surface area contributed by atoms with Crippen LogP contribution in [0.2, 0.25) is 0 Å². The second-order valence-corrected chi connectivity index (χ2v) is 10.0. The molecule has 1 N–H and O–H groups in total. The third-order valence-corrected chi connectivity index (χ3v) is 7.79. The van der Waals surface area contributed by atoms with E-state index in [-0.39, 0.29) is 17.5 Å². The van der Waals surface area contributed by atoms with Gasteiger partial charge in [0.2, 0.25) is 0 Å². The summed E-state index contributed by atoms with van der Waals surface area (Å²) >= 11 is 0. The Hall–Kier alpha value is -1.31. The molecule has 0 amide bonds. The molecule has 0 spiro atoms. The Balaban J connectivity index is 1.72. The maximum Gasteiger partial charge on any atom is 0.166 e. The molecule has 3 rings (SSSR count). The number of phenolic OH excluding ortho intramolecular Hbond substituents is 1. The first-order valence-electron chi connectivity index (χ1n) is 11.2. The topological polar surface area (TPSA) is 37.3 Å². The molecular formula is C25H38O2. The Labute approximate surface area is 165 Å². The van der Waals surface area contributed by atoms with Gasteiger partial charge in [-0.05, 0) is 66.9 Å². The lowest BCUT2D eigenvalue weighted by molar-refractivity contribution is 0.0271. The standard InChI is InChI=1S/C25H38O2/c1-17(2)8-5-9-18(3)22-13-14-23-21(12-7-15-25(22,23)4)24(27)19-10-6-11-20(26)16-19/h6,10-11,16-18,21-23,26H,5,7-9,12-15H2,1-4H3/t18-,21-,22-,23+,25-/m1/s1. The Kier molecular flexibility index (Phi) is 6.33. The number of carbonyl (C=O) groups excluding carboxylic acids is 1. The predicted octanol–water partition coefficient (Wildman–Crippen LogP) is 6.87. The van der Waals surface area contributed by atoms with Gasteiger partial charge in [-0.1, -0.05) is 65.5 Å². The van der Waals surface area contributed by atoms with Gasteiger partial charge >= 0.3 is 0 Å². The molecule has 1 aromatic rings. The molecule has 27 heavy (non-hydrogen) atoms. The average Bonchev–Trinajstić information content (AvgIpc) is 2.97. The molecule has 0 radical (unpaired) electrons. The van der Waals surface area contributed by atoms with E-state index in [0.29, 0.717) is 16.9 Å². The summed E-state index contributed by atoms with van der Waals surface area (Å²) in [6.45, 7) is 9.57. The molecule has 2 nitrogen and oxygen atoms in total. The monoisotopic (exact) mass is 370 g/mol. The molecule has 5 atom stereocenters. The largest absolute Gasteiger partial charge is 0.508 e. The molecule has 2 aliphatic rings. The number of phenols is 1. The van der Waals surface area contributed by atoms with Crippen LogP contribution < -0.4 is 0 Å². The number of rotatable bonds is 7. The van der Waals surface area contributed by atoms with Crippen molar-refractivity contribution >= 4 is 5.78 Å². The van der Waals surface area contributed by atoms with Gasteiger partial charge in [-0.15, -0.1) is 0 Å². The third-order valence-electron chi connectivity index (χ3n) is 7.79. The van der Waals surface area contributed by atoms with Crippen molar-refractivity contribution in [1.29, 1.82) is 0 Å². The number of hydrogen-bond acceptors (Lipinski definition) is 2. The molecular weight excluding hydrogens is 332 g/mol. The van der Waals surface area contributed by atoms with Gasteiger partial charge in [0.1, 0.15) is 5.75 Å². The summed E-state index contributed by atoms with van der Waals surface area (Å²) < 4.78 is 0. The van der Waals surface area contributed by atoms with Gasteiger partial charge in [-0.25, -0.2) is 0 Å². The average molecular weight is 371 g/mol. The van der Waals surface area contributed by atoms with Gasteiger partial charge in [0.05, 0.1) is 0 Å². The summed E-state index contributed by atoms with van der Waals surface area (Å²) in [6, 6.07) is 6.95. The fourth-order valence-corrected chi connectivity index (χ4v) is 6.40. The van der Waals surface area contributed by atoms with Crippen LogP contribution in [0.25, 0.3) is 0 Å². The van der Waals surface area contributed by atoms with Crippen LogP contribution in [0.1, 0.15) is 89.4 Å². The van der Waals surface area contributed by atoms with Crippen LogP contribution in [0.4, 0.5) is 0 Å². The highest BCUT2D eigenvalue weighted by Gasteiger charge is 2.53. The molecule has 0 unspecified atom stereocenters. The van der Waals surface area contributed by atoms with Crippen molar-refractivity contribution in [1.82, 2.24) is 0 Å². The summed E-state index contributed by atoms with van der Waals surface area (Å²) in [7, 11) is 0. The van der Waals surface area contributed by atoms with Crippen molar-refractivity contribution in [2.75, 3.05) is 0 Å². The van der Waals surface area contributed by atoms with Crippen molar-refractivity contribution in [3.05, 3.63) is 29.8 Å². The first-order valence-corrected chi connectivity index (χ1v) is 11.2. The number of Topliss-reactive ketones (excluding diaryl/α,β-unsaturated/α-hetero) is 1. The van der Waals surface area contributed by atoms with Crippen molar-refractivity contribution in [3.8, 4) is 5.75 Å². The Morgan fingerprint density at radius 3 is 2.67 bits per heavy atom. The van der Waals surface area contributed by atoms with Crippen LogP contribution in [0.15, 0.2) is 24.3 Å². The molecule has 0 heterocycles. The van der Waals surface area contributed by atoms with Crippen LogP contribution in [0, 0.1) is 35.0 Å². The maximum atomic E-state index is 13.2. The first kappa shape index (κ1) is 20.4. The number of benzene rings is 1. The zero-order valence-electron chi connectivity index (χ0n) is 17.7. The second kappa shape index (κ2) is 8.37. The molecule has 0 aromatic heterocycles. The lowest BCUT2D eigenvalue weighted by atomic mass is 9.58. The summed E-state index contributed by atoms with van der Waals surface area (Å²) in [4.78, 5) is 13.2. The van der Waals surface area contributed by atoms with Crippen LogP contribution in [-0.4, -0.2) is 10.9 Å². The van der Waals surface area contributed by atoms with Gasteiger partial charge < -0.3 is 5.11 Å². The Morgan fingerprint density at radius 2 is 1.96 bits per heavy atom. The second-order valence-electron chi connectivity index (χ2n) is 10.0. The van der Waals surface area contributed by atoms with Crippen LogP contribution in [-0.2, 0) is 0 Å². The van der Waals surface area contributed by atoms with E-state index in [1.54, 1.807) is 18.2 Å². The van der Waals surface area contributed by atoms with E-state index in [0.717, 1.165) is 30.6 Å². The van der Waals surface area contributed by atoms with Gasteiger partial charge in [0, 0.05) is 11.5 Å². The minimum Gasteiger partial charge on any atom is -0.508 e. The third kappa shape index (κ3) is 4.25. The summed E-state index contributed by atoms with van der Waals surface area (Å²) in [5.41, 5.74) is 1.00. The number of carbonyl (C=O) groups is 1. The number of hydrogen-bond donors (Lipinski definition) is 1. The Bertz CT molecular complexity index is 649. The van der Waals surface area contributed by atoms with E-state index >= 15 is 0 Å². The van der Waals surface area contributed by atoms with Crippen LogP contribution in [0.5, 0.6) is 5.75 Å². The first-order chi connectivity index (χ1) is 12.8. The molecule has 0 saturated heterocycles. The summed E-state index contributed by atoms with van der Waals surface area (Å²) in [5, 5.41) is 9.78. The van der Waals surface area contributed by atoms with Gasteiger partial charge in [-0.3, -0.25) is 4.79 Å². The fraction of sp³-hybridized carbons (Fsp3) is 0.720. The number of aromatic hydroxyl groups is 1. The lowest BCUT2D eigenvalue weighted by Crippen LogP contribution is -2.41. The molecule has 2 heteroatoms. The SMILES string of the molecule is CC(C)CCC[C@@H](C)[C@H]1CC[C@H]2[C@H](C(=O)c3cccc(O)c3)CCC[C@]12C. The molecule has 1 aromatic carbocycles. The summed E-state index contributed by atoms with van der Waals surface area (Å²) in [6.07, 6.45) is 9.94. The quantitative estimate of drug-likeness (QED) is 0.532. The van der Waals surface area contributed by atoms with Gasteiger partial charge in [0.15, 0.2) is 5.78 Å². The zero-order chi connectivity index (χ0) is 19.6. The van der Waals surface area contributed by atoms with Crippen molar-refractivity contribution < 1.29 is 9.90 Å². The molecule has 2 fully saturated rings. The molecule has 150 valence electrons. The van der Waals surface area contributed by atoms with E-state index in [1.165, 1.54) is 38.5 Å². The van der Waals surface area contributed by atoms with Gasteiger partial charge in [-0.2, -0.15) is 0 Å². The van der Waals surface area contributed by atoms with E-state index in [2.05, 4.69) is 27.7 Å². The van der Waals surface area contributed by atoms with E-state index in [1.807, 2.05) is 6.07 Å². The van der Waals surface area contributed by atoms with Gasteiger partial charge in [0.25, 0.3) is 0 Å². The molecule has 2 saturated carbocycles. The van der Waals surface area contributed by atoms with E-state index in [4.69, 9.17) is 0 Å². The van der Waals surface area contributed by atoms with Crippen molar-refractivity contribution in [2.24, 2.45) is 35.0 Å². The maximum absolute atomic E-state index is 13.2. The predicted molar refractivity (Wildman–Crippen MR) is 112 cm³/mol. The molecule has 2 aliphatic carbocycles. The van der Waals surface area contributed by atoms with Crippen molar-refractivity contribution in [2.45, 2.75) is 79.1 Å². The number of fused-ring (bicyclic) bond motifs is 1. The van der Waals surface area contributed by atoms with Crippen LogP contribution in [0.3, 0.4) is 0 Å². The smallest absolute Gasteiger partial charge is 0.166 e. The number of ketones is 1.